The molecule has 0 aliphatic carbocycles. The molecule has 1 aromatic heterocycles. The van der Waals surface area contributed by atoms with Gasteiger partial charge in [-0.3, -0.25) is 9.59 Å². The van der Waals surface area contributed by atoms with Crippen molar-refractivity contribution in [3.8, 4) is 0 Å². The number of carbonyl (C=O) groups is 2. The highest BCUT2D eigenvalue weighted by Gasteiger charge is 2.28. The summed E-state index contributed by atoms with van der Waals surface area (Å²) in [5.74, 6) is 0.0245. The molecule has 1 fully saturated rings. The second kappa shape index (κ2) is 5.95. The van der Waals surface area contributed by atoms with E-state index >= 15 is 0 Å². The van der Waals surface area contributed by atoms with E-state index in [1.807, 2.05) is 19.1 Å². The van der Waals surface area contributed by atoms with Gasteiger partial charge in [0.25, 0.3) is 0 Å². The molecular weight excluding hydrogens is 240 g/mol. The molecule has 4 nitrogen and oxygen atoms in total. The number of piperidine rings is 1. The molecule has 1 aliphatic heterocycles. The van der Waals surface area contributed by atoms with Gasteiger partial charge in [-0.1, -0.05) is 13.0 Å². The van der Waals surface area contributed by atoms with Crippen LogP contribution in [0, 0.1) is 6.92 Å². The van der Waals surface area contributed by atoms with Crippen molar-refractivity contribution in [1.29, 1.82) is 0 Å². The lowest BCUT2D eigenvalue weighted by Gasteiger charge is -2.34. The molecule has 0 saturated carbocycles. The molecule has 0 unspecified atom stereocenters. The van der Waals surface area contributed by atoms with Crippen molar-refractivity contribution in [3.63, 3.8) is 0 Å². The first kappa shape index (κ1) is 13.7. The number of aromatic nitrogens is 1. The lowest BCUT2D eigenvalue weighted by molar-refractivity contribution is -0.135. The number of rotatable bonds is 4. The highest BCUT2D eigenvalue weighted by atomic mass is 16.2. The minimum Gasteiger partial charge on any atom is -0.332 e. The number of hydrogen-bond acceptors (Lipinski definition) is 3. The molecule has 102 valence electrons. The van der Waals surface area contributed by atoms with Crippen LogP contribution in [0.2, 0.25) is 0 Å². The van der Waals surface area contributed by atoms with E-state index in [4.69, 9.17) is 0 Å². The van der Waals surface area contributed by atoms with Crippen LogP contribution < -0.4 is 0 Å². The van der Waals surface area contributed by atoms with E-state index in [-0.39, 0.29) is 24.3 Å². The summed E-state index contributed by atoms with van der Waals surface area (Å²) in [5, 5.41) is 0. The Labute approximate surface area is 113 Å². The zero-order valence-corrected chi connectivity index (χ0v) is 11.6. The maximum Gasteiger partial charge on any atom is 0.223 e. The Hall–Kier alpha value is -1.71. The zero-order chi connectivity index (χ0) is 13.8. The molecule has 1 atom stereocenters. The van der Waals surface area contributed by atoms with Gasteiger partial charge in [0.15, 0.2) is 5.78 Å². The Balaban J connectivity index is 2.10. The summed E-state index contributed by atoms with van der Waals surface area (Å²) in [6.45, 7) is 4.08. The first-order chi connectivity index (χ1) is 9.11. The van der Waals surface area contributed by atoms with Gasteiger partial charge in [0.1, 0.15) is 5.69 Å². The maximum atomic E-state index is 12.2. The quantitative estimate of drug-likeness (QED) is 0.781. The number of aryl methyl sites for hydroxylation is 1. The summed E-state index contributed by atoms with van der Waals surface area (Å²) in [7, 11) is 0. The summed E-state index contributed by atoms with van der Waals surface area (Å²) < 4.78 is 0. The lowest BCUT2D eigenvalue weighted by Crippen LogP contribution is -2.46. The minimum atomic E-state index is -0.0719. The first-order valence-corrected chi connectivity index (χ1v) is 6.88. The SMILES string of the molecule is CC[C@@H]1CCCC(=O)N1CC(=O)c1cccc(C)n1. The normalized spacial score (nSPS) is 19.6. The van der Waals surface area contributed by atoms with Crippen molar-refractivity contribution in [2.75, 3.05) is 6.54 Å². The Morgan fingerprint density at radius 2 is 2.26 bits per heavy atom. The molecule has 0 radical (unpaired) electrons. The summed E-state index contributed by atoms with van der Waals surface area (Å²) in [6.07, 6.45) is 3.40. The van der Waals surface area contributed by atoms with E-state index in [0.717, 1.165) is 25.0 Å². The number of nitrogens with zero attached hydrogens (tertiary/aromatic N) is 2. The largest absolute Gasteiger partial charge is 0.332 e. The molecule has 1 saturated heterocycles. The summed E-state index contributed by atoms with van der Waals surface area (Å²) in [4.78, 5) is 30.1. The molecule has 0 bridgehead atoms. The molecule has 0 aromatic carbocycles. The average molecular weight is 260 g/mol. The third-order valence-electron chi connectivity index (χ3n) is 3.65. The number of likely N-dealkylation sites (tertiary alicyclic amines) is 1. The van der Waals surface area contributed by atoms with Crippen molar-refractivity contribution in [1.82, 2.24) is 9.88 Å². The number of pyridine rings is 1. The number of ketones is 1. The number of carbonyl (C=O) groups excluding carboxylic acids is 2. The Morgan fingerprint density at radius 3 is 2.95 bits per heavy atom. The van der Waals surface area contributed by atoms with Gasteiger partial charge in [0.2, 0.25) is 5.91 Å². The molecule has 4 heteroatoms. The van der Waals surface area contributed by atoms with Crippen molar-refractivity contribution in [2.24, 2.45) is 0 Å². The molecule has 19 heavy (non-hydrogen) atoms. The van der Waals surface area contributed by atoms with E-state index in [1.54, 1.807) is 11.0 Å². The van der Waals surface area contributed by atoms with E-state index in [1.165, 1.54) is 0 Å². The molecule has 0 N–H and O–H groups in total. The van der Waals surface area contributed by atoms with Crippen molar-refractivity contribution < 1.29 is 9.59 Å². The van der Waals surface area contributed by atoms with Crippen LogP contribution >= 0.6 is 0 Å². The van der Waals surface area contributed by atoms with Crippen LogP contribution in [0.3, 0.4) is 0 Å². The molecule has 1 aliphatic rings. The van der Waals surface area contributed by atoms with Crippen LogP contribution in [0.5, 0.6) is 0 Å². The van der Waals surface area contributed by atoms with Crippen LogP contribution in [-0.2, 0) is 4.79 Å². The summed E-state index contributed by atoms with van der Waals surface area (Å²) in [5.41, 5.74) is 1.27. The molecule has 1 amide bonds. The smallest absolute Gasteiger partial charge is 0.223 e. The monoisotopic (exact) mass is 260 g/mol. The fraction of sp³-hybridized carbons (Fsp3) is 0.533. The molecular formula is C15H20N2O2. The summed E-state index contributed by atoms with van der Waals surface area (Å²) in [6, 6.07) is 5.60. The third-order valence-corrected chi connectivity index (χ3v) is 3.65. The van der Waals surface area contributed by atoms with Gasteiger partial charge in [0.05, 0.1) is 6.54 Å². The van der Waals surface area contributed by atoms with Crippen LogP contribution in [0.15, 0.2) is 18.2 Å². The zero-order valence-electron chi connectivity index (χ0n) is 11.6. The van der Waals surface area contributed by atoms with Crippen molar-refractivity contribution in [2.45, 2.75) is 45.6 Å². The van der Waals surface area contributed by atoms with Gasteiger partial charge < -0.3 is 4.90 Å². The van der Waals surface area contributed by atoms with Crippen LogP contribution in [0.4, 0.5) is 0 Å². The number of hydrogen-bond donors (Lipinski definition) is 0. The van der Waals surface area contributed by atoms with Gasteiger partial charge in [-0.05, 0) is 38.3 Å². The van der Waals surface area contributed by atoms with Gasteiger partial charge in [-0.25, -0.2) is 4.98 Å². The van der Waals surface area contributed by atoms with Crippen LogP contribution in [0.25, 0.3) is 0 Å². The number of amides is 1. The second-order valence-electron chi connectivity index (χ2n) is 5.06. The number of Topliss-reactive ketones (excluding diaryl/α,β-unsaturated/α-hetero) is 1. The van der Waals surface area contributed by atoms with Gasteiger partial charge in [-0.15, -0.1) is 0 Å². The highest BCUT2D eigenvalue weighted by molar-refractivity contribution is 5.98. The molecule has 1 aromatic rings. The fourth-order valence-electron chi connectivity index (χ4n) is 2.57. The van der Waals surface area contributed by atoms with Gasteiger partial charge in [0, 0.05) is 18.2 Å². The lowest BCUT2D eigenvalue weighted by atomic mass is 9.99. The predicted octanol–water partition coefficient (Wildman–Crippen LogP) is 2.36. The van der Waals surface area contributed by atoms with Crippen LogP contribution in [-0.4, -0.2) is 34.2 Å². The topological polar surface area (TPSA) is 50.3 Å². The maximum absolute atomic E-state index is 12.2. The highest BCUT2D eigenvalue weighted by Crippen LogP contribution is 2.20. The van der Waals surface area contributed by atoms with Gasteiger partial charge in [-0.2, -0.15) is 0 Å². The average Bonchev–Trinajstić information content (AvgIpc) is 2.41. The standard InChI is InChI=1S/C15H20N2O2/c1-3-12-7-5-9-15(19)17(12)10-14(18)13-8-4-6-11(2)16-13/h4,6,8,12H,3,5,7,9-10H2,1-2H3/t12-/m1/s1. The van der Waals surface area contributed by atoms with E-state index in [2.05, 4.69) is 11.9 Å². The third kappa shape index (κ3) is 3.19. The molecule has 0 spiro atoms. The Kier molecular flexibility index (Phi) is 4.30. The van der Waals surface area contributed by atoms with Crippen molar-refractivity contribution >= 4 is 11.7 Å². The molecule has 2 rings (SSSR count). The van der Waals surface area contributed by atoms with Crippen LogP contribution in [0.1, 0.15) is 48.8 Å². The Bertz CT molecular complexity index is 485. The first-order valence-electron chi connectivity index (χ1n) is 6.88. The minimum absolute atomic E-state index is 0.0719. The Morgan fingerprint density at radius 1 is 1.47 bits per heavy atom. The van der Waals surface area contributed by atoms with E-state index in [9.17, 15) is 9.59 Å². The summed E-state index contributed by atoms with van der Waals surface area (Å²) >= 11 is 0. The van der Waals surface area contributed by atoms with E-state index in [0.29, 0.717) is 12.1 Å². The molecule has 2 heterocycles. The van der Waals surface area contributed by atoms with Gasteiger partial charge >= 0.3 is 0 Å². The fourth-order valence-corrected chi connectivity index (χ4v) is 2.57. The second-order valence-corrected chi connectivity index (χ2v) is 5.06. The predicted molar refractivity (Wildman–Crippen MR) is 72.9 cm³/mol. The van der Waals surface area contributed by atoms with Crippen molar-refractivity contribution in [3.05, 3.63) is 29.6 Å². The van der Waals surface area contributed by atoms with E-state index < -0.39 is 0 Å².